The third-order valence-corrected chi connectivity index (χ3v) is 5.04. The van der Waals surface area contributed by atoms with E-state index in [2.05, 4.69) is 44.0 Å². The molecule has 216 valence electrons. The molecule has 3 heterocycles. The third kappa shape index (κ3) is 11.0. The standard InChI is InChI=1S/C16H26N8O4.2BF4/c1-23(11-17-13(25-3)21-14(18-11)26-4)7-9-24(2,10-8-23)12-19-15(27-5)22-16(20-12)28-6;2*2-1(3,4)5/h7-10H2,1-6H3;;/q+2;2*-1. The quantitative estimate of drug-likeness (QED) is 0.292. The minimum absolute atomic E-state index is 0.232. The van der Waals surface area contributed by atoms with Gasteiger partial charge in [-0.3, -0.25) is 8.97 Å². The second kappa shape index (κ2) is 13.0. The minimum Gasteiger partial charge on any atom is -0.466 e. The van der Waals surface area contributed by atoms with E-state index in [-0.39, 0.29) is 24.0 Å². The summed E-state index contributed by atoms with van der Waals surface area (Å²) < 4.78 is 99.8. The maximum atomic E-state index is 9.75. The summed E-state index contributed by atoms with van der Waals surface area (Å²) in [6.07, 6.45) is 0. The molecule has 0 amide bonds. The molecular weight excluding hydrogens is 542 g/mol. The fourth-order valence-electron chi connectivity index (χ4n) is 3.01. The molecule has 1 aliphatic heterocycles. The fraction of sp³-hybridized carbons (Fsp3) is 0.625. The summed E-state index contributed by atoms with van der Waals surface area (Å²) >= 11 is 0. The molecule has 0 atom stereocenters. The van der Waals surface area contributed by atoms with Crippen molar-refractivity contribution in [3.63, 3.8) is 0 Å². The lowest BCUT2D eigenvalue weighted by molar-refractivity contribution is 0.165. The van der Waals surface area contributed by atoms with Gasteiger partial charge in [0.25, 0.3) is 0 Å². The number of likely N-dealkylation sites (N-methyl/N-ethyl adjacent to an activating group) is 2. The van der Waals surface area contributed by atoms with E-state index in [0.29, 0.717) is 20.9 Å². The van der Waals surface area contributed by atoms with E-state index in [9.17, 15) is 34.5 Å². The third-order valence-electron chi connectivity index (χ3n) is 5.04. The van der Waals surface area contributed by atoms with E-state index in [1.807, 2.05) is 0 Å². The highest BCUT2D eigenvalue weighted by Gasteiger charge is 2.44. The lowest BCUT2D eigenvalue weighted by Gasteiger charge is -2.42. The number of piperazine rings is 1. The van der Waals surface area contributed by atoms with Crippen molar-refractivity contribution in [2.45, 2.75) is 0 Å². The van der Waals surface area contributed by atoms with Crippen molar-refractivity contribution in [3.8, 4) is 24.0 Å². The first-order valence-corrected chi connectivity index (χ1v) is 10.5. The van der Waals surface area contributed by atoms with Gasteiger partial charge in [0.05, 0.1) is 42.5 Å². The van der Waals surface area contributed by atoms with E-state index < -0.39 is 14.5 Å². The van der Waals surface area contributed by atoms with E-state index >= 15 is 0 Å². The molecule has 0 aliphatic carbocycles. The Bertz CT molecular complexity index is 907. The first-order valence-electron chi connectivity index (χ1n) is 10.5. The number of hydrogen-bond acceptors (Lipinski definition) is 10. The normalized spacial score (nSPS) is 21.2. The summed E-state index contributed by atoms with van der Waals surface area (Å²) in [6.45, 7) is 3.01. The average molecular weight is 568 g/mol. The fourth-order valence-corrected chi connectivity index (χ4v) is 3.01. The van der Waals surface area contributed by atoms with Crippen LogP contribution in [0.25, 0.3) is 0 Å². The van der Waals surface area contributed by atoms with Gasteiger partial charge in [0.2, 0.25) is 0 Å². The van der Waals surface area contributed by atoms with Gasteiger partial charge in [0.15, 0.2) is 0 Å². The Morgan fingerprint density at radius 3 is 0.816 bits per heavy atom. The Kier molecular flexibility index (Phi) is 11.2. The SMILES string of the molecule is COc1nc(OC)nc([N+]2(C)CC[N+](C)(c3nc(OC)nc(OC)n3)CC2)n1.F[B-](F)(F)F.F[B-](F)(F)F. The van der Waals surface area contributed by atoms with Crippen molar-refractivity contribution < 1.29 is 53.5 Å². The molecule has 3 rings (SSSR count). The molecule has 0 saturated carbocycles. The summed E-state index contributed by atoms with van der Waals surface area (Å²) in [5, 5.41) is 0. The second-order valence-electron chi connectivity index (χ2n) is 7.89. The van der Waals surface area contributed by atoms with Crippen molar-refractivity contribution in [1.82, 2.24) is 38.9 Å². The van der Waals surface area contributed by atoms with Crippen molar-refractivity contribution in [2.24, 2.45) is 0 Å². The van der Waals surface area contributed by atoms with E-state index in [0.717, 1.165) is 26.2 Å². The zero-order valence-electron chi connectivity index (χ0n) is 21.2. The van der Waals surface area contributed by atoms with Gasteiger partial charge in [-0.1, -0.05) is 0 Å². The molecule has 12 nitrogen and oxygen atoms in total. The average Bonchev–Trinajstić information content (AvgIpc) is 2.83. The summed E-state index contributed by atoms with van der Waals surface area (Å²) in [5.41, 5.74) is 0. The maximum Gasteiger partial charge on any atom is 0.673 e. The number of ether oxygens (including phenoxy) is 4. The number of rotatable bonds is 6. The van der Waals surface area contributed by atoms with Crippen molar-refractivity contribution in [1.29, 1.82) is 0 Å². The van der Waals surface area contributed by atoms with Gasteiger partial charge in [-0.05, 0) is 0 Å². The van der Waals surface area contributed by atoms with Gasteiger partial charge in [0.1, 0.15) is 26.2 Å². The molecule has 0 bridgehead atoms. The maximum absolute atomic E-state index is 9.75. The molecule has 0 spiro atoms. The summed E-state index contributed by atoms with van der Waals surface area (Å²) in [4.78, 5) is 25.9. The van der Waals surface area contributed by atoms with Crippen molar-refractivity contribution in [2.75, 3.05) is 68.7 Å². The molecule has 0 aromatic carbocycles. The largest absolute Gasteiger partial charge is 0.673 e. The van der Waals surface area contributed by atoms with Crippen LogP contribution in [-0.2, 0) is 0 Å². The van der Waals surface area contributed by atoms with Crippen molar-refractivity contribution >= 4 is 26.4 Å². The molecule has 0 N–H and O–H groups in total. The molecule has 1 fully saturated rings. The zero-order chi connectivity index (χ0) is 29.4. The highest BCUT2D eigenvalue weighted by atomic mass is 19.5. The summed E-state index contributed by atoms with van der Waals surface area (Å²) in [5.74, 6) is 1.20. The number of hydrogen-bond donors (Lipinski definition) is 0. The Balaban J connectivity index is 0.000000616. The van der Waals surface area contributed by atoms with Crippen LogP contribution in [0, 0.1) is 0 Å². The van der Waals surface area contributed by atoms with Crippen LogP contribution in [0.3, 0.4) is 0 Å². The number of methoxy groups -OCH3 is 4. The summed E-state index contributed by atoms with van der Waals surface area (Å²) in [6, 6.07) is 0.929. The highest BCUT2D eigenvalue weighted by Crippen LogP contribution is 2.28. The number of quaternary nitrogens is 2. The lowest BCUT2D eigenvalue weighted by atomic mass is 10.2. The monoisotopic (exact) mass is 568 g/mol. The van der Waals surface area contributed by atoms with Crippen LogP contribution < -0.4 is 27.9 Å². The van der Waals surface area contributed by atoms with Crippen LogP contribution in [0.15, 0.2) is 0 Å². The van der Waals surface area contributed by atoms with E-state index in [4.69, 9.17) is 18.9 Å². The molecule has 0 radical (unpaired) electrons. The lowest BCUT2D eigenvalue weighted by Crippen LogP contribution is -2.66. The zero-order valence-corrected chi connectivity index (χ0v) is 21.2. The Morgan fingerprint density at radius 1 is 0.474 bits per heavy atom. The Morgan fingerprint density at radius 2 is 0.658 bits per heavy atom. The molecule has 2 aromatic rings. The van der Waals surface area contributed by atoms with Gasteiger partial charge in [-0.2, -0.15) is 0 Å². The van der Waals surface area contributed by atoms with Crippen LogP contribution >= 0.6 is 0 Å². The highest BCUT2D eigenvalue weighted by molar-refractivity contribution is 6.50. The van der Waals surface area contributed by atoms with Crippen LogP contribution in [0.5, 0.6) is 24.0 Å². The second-order valence-corrected chi connectivity index (χ2v) is 7.89. The van der Waals surface area contributed by atoms with Crippen LogP contribution in [0.1, 0.15) is 0 Å². The smallest absolute Gasteiger partial charge is 0.466 e. The van der Waals surface area contributed by atoms with Gasteiger partial charge in [-0.15, -0.1) is 29.9 Å². The molecular formula is C16H26B2F8N8O4. The molecule has 0 unspecified atom stereocenters. The Labute approximate surface area is 212 Å². The van der Waals surface area contributed by atoms with Crippen LogP contribution in [-0.4, -0.2) is 113 Å². The predicted molar refractivity (Wildman–Crippen MR) is 121 cm³/mol. The predicted octanol–water partition coefficient (Wildman–Crippen LogP) is 2.28. The van der Waals surface area contributed by atoms with Gasteiger partial charge < -0.3 is 53.5 Å². The number of halogens is 8. The van der Waals surface area contributed by atoms with Gasteiger partial charge in [-0.25, -0.2) is 0 Å². The van der Waals surface area contributed by atoms with E-state index in [1.54, 1.807) is 0 Å². The van der Waals surface area contributed by atoms with E-state index in [1.165, 1.54) is 28.4 Å². The first-order chi connectivity index (χ1) is 17.4. The van der Waals surface area contributed by atoms with Crippen molar-refractivity contribution in [3.05, 3.63) is 0 Å². The van der Waals surface area contributed by atoms with Crippen LogP contribution in [0.2, 0.25) is 0 Å². The molecule has 1 saturated heterocycles. The minimum atomic E-state index is -6.00. The van der Waals surface area contributed by atoms with Gasteiger partial charge in [0, 0.05) is 0 Å². The van der Waals surface area contributed by atoms with Gasteiger partial charge >= 0.3 is 50.4 Å². The molecule has 1 aliphatic rings. The Hall–Kier alpha value is -3.29. The first kappa shape index (κ1) is 32.7. The molecule has 22 heteroatoms. The number of nitrogens with zero attached hydrogens (tertiary/aromatic N) is 8. The summed E-state index contributed by atoms with van der Waals surface area (Å²) in [7, 11) is -1.78. The molecule has 38 heavy (non-hydrogen) atoms. The molecule has 2 aromatic heterocycles. The number of aromatic nitrogens is 6. The topological polar surface area (TPSA) is 114 Å². The van der Waals surface area contributed by atoms with Crippen LogP contribution in [0.4, 0.5) is 46.4 Å².